The lowest BCUT2D eigenvalue weighted by atomic mass is 10.0. The van der Waals surface area contributed by atoms with Crippen LogP contribution in [-0.2, 0) is 4.79 Å². The van der Waals surface area contributed by atoms with Crippen LogP contribution in [0.1, 0.15) is 41.7 Å². The number of nitrogens with two attached hydrogens (primary N) is 1. The van der Waals surface area contributed by atoms with E-state index in [1.807, 2.05) is 30.3 Å². The van der Waals surface area contributed by atoms with E-state index in [1.54, 1.807) is 33.8 Å². The molecule has 1 atom stereocenters. The van der Waals surface area contributed by atoms with Crippen LogP contribution in [0, 0.1) is 0 Å². The Labute approximate surface area is 189 Å². The monoisotopic (exact) mass is 446 g/mol. The second-order valence-corrected chi connectivity index (χ2v) is 7.83. The summed E-state index contributed by atoms with van der Waals surface area (Å²) in [6.45, 7) is 0.551. The molecule has 3 aromatic heterocycles. The quantitative estimate of drug-likeness (QED) is 0.482. The number of likely N-dealkylation sites (tertiary alicyclic amines) is 1. The lowest BCUT2D eigenvalue weighted by Gasteiger charge is -2.33. The standard InChI is InChI=1S/C23H22N6O4/c24-21(31)17-13-28-11-9-15(12-19(28)25-17)22-26-23(33-27-22)18-8-4-5-10-29(18)20(30)14-32-16-6-2-1-3-7-16/h1-3,6-7,9,11-13,18H,4-5,8,10,14H2,(H2,24,31)/t18-/m1/s1. The van der Waals surface area contributed by atoms with Gasteiger partial charge in [0.05, 0.1) is 0 Å². The van der Waals surface area contributed by atoms with Crippen LogP contribution in [0.4, 0.5) is 0 Å². The average Bonchev–Trinajstić information content (AvgIpc) is 3.50. The number of para-hydroxylation sites is 1. The number of hydrogen-bond acceptors (Lipinski definition) is 7. The van der Waals surface area contributed by atoms with Gasteiger partial charge in [0.2, 0.25) is 11.7 Å². The molecule has 0 unspecified atom stereocenters. The first-order valence-corrected chi connectivity index (χ1v) is 10.7. The third-order valence-corrected chi connectivity index (χ3v) is 5.63. The van der Waals surface area contributed by atoms with E-state index in [9.17, 15) is 9.59 Å². The van der Waals surface area contributed by atoms with Crippen LogP contribution in [0.15, 0.2) is 59.4 Å². The van der Waals surface area contributed by atoms with Gasteiger partial charge in [-0.25, -0.2) is 4.98 Å². The Kier molecular flexibility index (Phi) is 5.47. The van der Waals surface area contributed by atoms with Crippen molar-refractivity contribution in [3.05, 3.63) is 66.4 Å². The van der Waals surface area contributed by atoms with Crippen LogP contribution >= 0.6 is 0 Å². The summed E-state index contributed by atoms with van der Waals surface area (Å²) in [7, 11) is 0. The normalized spacial score (nSPS) is 16.1. The number of carbonyl (C=O) groups is 2. The van der Waals surface area contributed by atoms with Gasteiger partial charge in [0.15, 0.2) is 6.61 Å². The molecule has 33 heavy (non-hydrogen) atoms. The van der Waals surface area contributed by atoms with Crippen LogP contribution in [0.3, 0.4) is 0 Å². The summed E-state index contributed by atoms with van der Waals surface area (Å²) in [4.78, 5) is 34.8. The Morgan fingerprint density at radius 2 is 2.00 bits per heavy atom. The largest absolute Gasteiger partial charge is 0.484 e. The predicted molar refractivity (Wildman–Crippen MR) is 117 cm³/mol. The number of rotatable bonds is 6. The Morgan fingerprint density at radius 3 is 2.82 bits per heavy atom. The molecule has 2 N–H and O–H groups in total. The maximum absolute atomic E-state index is 12.9. The minimum atomic E-state index is -0.597. The first-order chi connectivity index (χ1) is 16.1. The number of benzene rings is 1. The molecule has 1 aromatic carbocycles. The predicted octanol–water partition coefficient (Wildman–Crippen LogP) is 2.62. The molecule has 0 aliphatic carbocycles. The van der Waals surface area contributed by atoms with Crippen LogP contribution in [0.5, 0.6) is 5.75 Å². The van der Waals surface area contributed by atoms with Gasteiger partial charge in [-0.1, -0.05) is 23.4 Å². The van der Waals surface area contributed by atoms with Gasteiger partial charge in [0, 0.05) is 24.5 Å². The molecular weight excluding hydrogens is 424 g/mol. The van der Waals surface area contributed by atoms with E-state index in [1.165, 1.54) is 0 Å². The first kappa shape index (κ1) is 20.7. The number of aromatic nitrogens is 4. The number of fused-ring (bicyclic) bond motifs is 1. The SMILES string of the molecule is NC(=O)c1cn2ccc(-c3noc([C@H]4CCCCN4C(=O)COc4ccccc4)n3)cc2n1. The fourth-order valence-corrected chi connectivity index (χ4v) is 3.96. The number of imidazole rings is 1. The summed E-state index contributed by atoms with van der Waals surface area (Å²) < 4.78 is 12.9. The highest BCUT2D eigenvalue weighted by molar-refractivity contribution is 5.91. The van der Waals surface area contributed by atoms with Crippen molar-refractivity contribution in [3.63, 3.8) is 0 Å². The Bertz CT molecular complexity index is 1300. The second-order valence-electron chi connectivity index (χ2n) is 7.83. The Hall–Kier alpha value is -4.21. The van der Waals surface area contributed by atoms with E-state index in [2.05, 4.69) is 15.1 Å². The average molecular weight is 446 g/mol. The van der Waals surface area contributed by atoms with Crippen molar-refractivity contribution in [2.75, 3.05) is 13.2 Å². The van der Waals surface area contributed by atoms with Gasteiger partial charge in [-0.15, -0.1) is 0 Å². The van der Waals surface area contributed by atoms with Gasteiger partial charge in [0.25, 0.3) is 11.8 Å². The minimum Gasteiger partial charge on any atom is -0.484 e. The first-order valence-electron chi connectivity index (χ1n) is 10.7. The summed E-state index contributed by atoms with van der Waals surface area (Å²) in [5.41, 5.74) is 6.71. The van der Waals surface area contributed by atoms with Crippen molar-refractivity contribution in [2.24, 2.45) is 5.73 Å². The van der Waals surface area contributed by atoms with Crippen molar-refractivity contribution in [1.29, 1.82) is 0 Å². The summed E-state index contributed by atoms with van der Waals surface area (Å²) >= 11 is 0. The van der Waals surface area contributed by atoms with Gasteiger partial charge in [-0.3, -0.25) is 9.59 Å². The number of amides is 2. The van der Waals surface area contributed by atoms with Gasteiger partial charge >= 0.3 is 0 Å². The highest BCUT2D eigenvalue weighted by Gasteiger charge is 2.32. The summed E-state index contributed by atoms with van der Waals surface area (Å²) in [5, 5.41) is 4.11. The van der Waals surface area contributed by atoms with E-state index >= 15 is 0 Å². The van der Waals surface area contributed by atoms with Crippen molar-refractivity contribution < 1.29 is 18.8 Å². The molecule has 4 aromatic rings. The molecule has 0 bridgehead atoms. The summed E-state index contributed by atoms with van der Waals surface area (Å²) in [6, 6.07) is 12.5. The summed E-state index contributed by atoms with van der Waals surface area (Å²) in [5.74, 6) is 0.697. The highest BCUT2D eigenvalue weighted by Crippen LogP contribution is 2.31. The molecule has 10 heteroatoms. The molecule has 168 valence electrons. The zero-order valence-corrected chi connectivity index (χ0v) is 17.8. The third kappa shape index (κ3) is 4.27. The molecule has 1 fully saturated rings. The Balaban J connectivity index is 1.34. The van der Waals surface area contributed by atoms with E-state index in [0.717, 1.165) is 19.3 Å². The molecule has 10 nitrogen and oxygen atoms in total. The van der Waals surface area contributed by atoms with Gasteiger partial charge < -0.3 is 24.3 Å². The molecule has 5 rings (SSSR count). The van der Waals surface area contributed by atoms with Crippen molar-refractivity contribution in [1.82, 2.24) is 24.4 Å². The number of hydrogen-bond donors (Lipinski definition) is 1. The molecule has 1 aliphatic heterocycles. The number of nitrogens with zero attached hydrogens (tertiary/aromatic N) is 5. The van der Waals surface area contributed by atoms with E-state index in [0.29, 0.717) is 35.2 Å². The highest BCUT2D eigenvalue weighted by atomic mass is 16.5. The number of carbonyl (C=O) groups excluding carboxylic acids is 2. The van der Waals surface area contributed by atoms with Crippen LogP contribution in [0.2, 0.25) is 0 Å². The fourth-order valence-electron chi connectivity index (χ4n) is 3.96. The van der Waals surface area contributed by atoms with Crippen molar-refractivity contribution >= 4 is 17.5 Å². The molecule has 0 radical (unpaired) electrons. The Morgan fingerprint density at radius 1 is 1.15 bits per heavy atom. The van der Waals surface area contributed by atoms with E-state index < -0.39 is 5.91 Å². The molecule has 2 amide bonds. The number of pyridine rings is 1. The number of primary amides is 1. The van der Waals surface area contributed by atoms with Crippen LogP contribution in [-0.4, -0.2) is 49.4 Å². The van der Waals surface area contributed by atoms with E-state index in [-0.39, 0.29) is 24.2 Å². The van der Waals surface area contributed by atoms with Crippen molar-refractivity contribution in [2.45, 2.75) is 25.3 Å². The minimum absolute atomic E-state index is 0.0553. The molecule has 1 saturated heterocycles. The van der Waals surface area contributed by atoms with Crippen LogP contribution < -0.4 is 10.5 Å². The third-order valence-electron chi connectivity index (χ3n) is 5.63. The molecular formula is C23H22N6O4. The zero-order chi connectivity index (χ0) is 22.8. The number of piperidine rings is 1. The van der Waals surface area contributed by atoms with E-state index in [4.69, 9.17) is 15.0 Å². The molecule has 4 heterocycles. The lowest BCUT2D eigenvalue weighted by Crippen LogP contribution is -2.41. The van der Waals surface area contributed by atoms with Gasteiger partial charge in [-0.05, 0) is 43.5 Å². The second kappa shape index (κ2) is 8.73. The maximum atomic E-state index is 12.9. The molecule has 1 aliphatic rings. The smallest absolute Gasteiger partial charge is 0.268 e. The summed E-state index contributed by atoms with van der Waals surface area (Å²) in [6.07, 6.45) is 5.92. The van der Waals surface area contributed by atoms with Gasteiger partial charge in [0.1, 0.15) is 23.1 Å². The maximum Gasteiger partial charge on any atom is 0.268 e. The van der Waals surface area contributed by atoms with Gasteiger partial charge in [-0.2, -0.15) is 4.98 Å². The zero-order valence-electron chi connectivity index (χ0n) is 17.8. The van der Waals surface area contributed by atoms with Crippen LogP contribution in [0.25, 0.3) is 17.0 Å². The topological polar surface area (TPSA) is 129 Å². The molecule has 0 spiro atoms. The fraction of sp³-hybridized carbons (Fsp3) is 0.261. The number of ether oxygens (including phenoxy) is 1. The van der Waals surface area contributed by atoms with Crippen molar-refractivity contribution in [3.8, 4) is 17.1 Å². The molecule has 0 saturated carbocycles. The lowest BCUT2D eigenvalue weighted by molar-refractivity contribution is -0.138.